The molecule has 0 saturated heterocycles. The lowest BCUT2D eigenvalue weighted by molar-refractivity contribution is -0.125. The fourth-order valence-corrected chi connectivity index (χ4v) is 3.35. The Labute approximate surface area is 168 Å². The molecule has 2 rings (SSSR count). The molecule has 1 atom stereocenters. The quantitative estimate of drug-likeness (QED) is 0.726. The fourth-order valence-electron chi connectivity index (χ4n) is 3.35. The van der Waals surface area contributed by atoms with E-state index in [2.05, 4.69) is 32.7 Å². The highest BCUT2D eigenvalue weighted by Gasteiger charge is 2.34. The molecule has 1 aromatic carbocycles. The number of amidine groups is 1. The van der Waals surface area contributed by atoms with Gasteiger partial charge in [-0.3, -0.25) is 4.79 Å². The van der Waals surface area contributed by atoms with Gasteiger partial charge in [-0.2, -0.15) is 0 Å². The summed E-state index contributed by atoms with van der Waals surface area (Å²) in [5, 5.41) is 9.16. The average Bonchev–Trinajstić information content (AvgIpc) is 3.01. The van der Waals surface area contributed by atoms with Crippen molar-refractivity contribution < 1.29 is 14.7 Å². The molecule has 0 fully saturated rings. The molecular formula is C22H33N3O3. The van der Waals surface area contributed by atoms with Crippen LogP contribution < -0.4 is 0 Å². The Bertz CT molecular complexity index is 720. The lowest BCUT2D eigenvalue weighted by Crippen LogP contribution is -2.40. The molecule has 154 valence electrons. The molecule has 0 bridgehead atoms. The van der Waals surface area contributed by atoms with Crippen molar-refractivity contribution in [1.29, 1.82) is 0 Å². The van der Waals surface area contributed by atoms with Crippen molar-refractivity contribution in [2.24, 2.45) is 10.4 Å². The number of carboxylic acids is 1. The normalized spacial score (nSPS) is 15.5. The van der Waals surface area contributed by atoms with E-state index < -0.39 is 5.97 Å². The minimum absolute atomic E-state index is 0.0418. The van der Waals surface area contributed by atoms with Crippen LogP contribution in [0.3, 0.4) is 0 Å². The molecule has 1 amide bonds. The Balaban J connectivity index is 2.22. The van der Waals surface area contributed by atoms with Crippen LogP contribution in [-0.4, -0.2) is 52.9 Å². The van der Waals surface area contributed by atoms with Gasteiger partial charge in [-0.05, 0) is 42.4 Å². The third-order valence-electron chi connectivity index (χ3n) is 5.12. The third-order valence-corrected chi connectivity index (χ3v) is 5.12. The molecule has 6 nitrogen and oxygen atoms in total. The van der Waals surface area contributed by atoms with E-state index in [0.29, 0.717) is 12.5 Å². The number of carbonyl (C=O) groups excluding carboxylic acids is 1. The van der Waals surface area contributed by atoms with Crippen molar-refractivity contribution in [3.63, 3.8) is 0 Å². The minimum atomic E-state index is -0.946. The number of unbranched alkanes of at least 4 members (excludes halogenated alkanes) is 1. The smallest absolute Gasteiger partial charge is 0.335 e. The zero-order valence-corrected chi connectivity index (χ0v) is 17.7. The molecule has 0 radical (unpaired) electrons. The number of likely N-dealkylation sites (N-methyl/N-ethyl adjacent to an activating group) is 1. The van der Waals surface area contributed by atoms with Crippen LogP contribution in [0.1, 0.15) is 75.3 Å². The van der Waals surface area contributed by atoms with E-state index in [1.807, 2.05) is 29.0 Å². The first kappa shape index (κ1) is 21.9. The van der Waals surface area contributed by atoms with Crippen molar-refractivity contribution in [2.75, 3.05) is 20.3 Å². The van der Waals surface area contributed by atoms with Crippen LogP contribution in [0.5, 0.6) is 0 Å². The summed E-state index contributed by atoms with van der Waals surface area (Å²) in [6.07, 6.45) is 3.85. The van der Waals surface area contributed by atoms with Gasteiger partial charge in [-0.1, -0.05) is 46.2 Å². The number of carboxylic acid groups (broad SMARTS) is 1. The van der Waals surface area contributed by atoms with Crippen LogP contribution >= 0.6 is 0 Å². The highest BCUT2D eigenvalue weighted by atomic mass is 16.4. The van der Waals surface area contributed by atoms with E-state index in [1.165, 1.54) is 0 Å². The summed E-state index contributed by atoms with van der Waals surface area (Å²) < 4.78 is 0. The monoisotopic (exact) mass is 387 g/mol. The van der Waals surface area contributed by atoms with Crippen molar-refractivity contribution in [1.82, 2.24) is 9.80 Å². The molecule has 0 aliphatic carbocycles. The van der Waals surface area contributed by atoms with E-state index in [9.17, 15) is 9.59 Å². The van der Waals surface area contributed by atoms with E-state index in [4.69, 9.17) is 5.11 Å². The molecule has 0 aromatic heterocycles. The Morgan fingerprint density at radius 2 is 1.93 bits per heavy atom. The number of aromatic carboxylic acids is 1. The molecule has 1 aliphatic rings. The Morgan fingerprint density at radius 1 is 1.29 bits per heavy atom. The predicted octanol–water partition coefficient (Wildman–Crippen LogP) is 4.18. The summed E-state index contributed by atoms with van der Waals surface area (Å²) in [7, 11) is 1.92. The maximum absolute atomic E-state index is 13.1. The van der Waals surface area contributed by atoms with Crippen LogP contribution in [0.15, 0.2) is 29.3 Å². The first-order valence-electron chi connectivity index (χ1n) is 10.0. The second-order valence-corrected chi connectivity index (χ2v) is 8.72. The van der Waals surface area contributed by atoms with E-state index in [-0.39, 0.29) is 22.9 Å². The van der Waals surface area contributed by atoms with E-state index in [1.54, 1.807) is 12.1 Å². The lowest BCUT2D eigenvalue weighted by atomic mass is 9.86. The second-order valence-electron chi connectivity index (χ2n) is 8.72. The number of hydrogen-bond donors (Lipinski definition) is 1. The van der Waals surface area contributed by atoms with E-state index in [0.717, 1.165) is 37.8 Å². The van der Waals surface area contributed by atoms with Crippen LogP contribution in [0, 0.1) is 5.41 Å². The maximum atomic E-state index is 13.1. The van der Waals surface area contributed by atoms with Gasteiger partial charge in [0, 0.05) is 13.6 Å². The topological polar surface area (TPSA) is 73.2 Å². The number of benzene rings is 1. The number of hydrogen-bond acceptors (Lipinski definition) is 4. The molecule has 1 heterocycles. The second kappa shape index (κ2) is 9.22. The van der Waals surface area contributed by atoms with Crippen LogP contribution in [0.25, 0.3) is 0 Å². The largest absolute Gasteiger partial charge is 0.478 e. The fraction of sp³-hybridized carbons (Fsp3) is 0.591. The zero-order chi connectivity index (χ0) is 20.9. The maximum Gasteiger partial charge on any atom is 0.335 e. The van der Waals surface area contributed by atoms with Crippen molar-refractivity contribution in [2.45, 2.75) is 59.4 Å². The SMILES string of the molecule is CCCCN(C)C1=NCN(C(CCC(C)(C)C)c2ccc(C(=O)O)cc2)C1=O. The third kappa shape index (κ3) is 5.57. The van der Waals surface area contributed by atoms with Crippen molar-refractivity contribution in [3.05, 3.63) is 35.4 Å². The molecule has 1 N–H and O–H groups in total. The van der Waals surface area contributed by atoms with Gasteiger partial charge >= 0.3 is 5.97 Å². The van der Waals surface area contributed by atoms with Gasteiger partial charge in [-0.25, -0.2) is 9.79 Å². The van der Waals surface area contributed by atoms with Gasteiger partial charge in [0.1, 0.15) is 6.67 Å². The molecule has 6 heteroatoms. The molecule has 1 unspecified atom stereocenters. The zero-order valence-electron chi connectivity index (χ0n) is 17.7. The van der Waals surface area contributed by atoms with Gasteiger partial charge < -0.3 is 14.9 Å². The molecular weight excluding hydrogens is 354 g/mol. The first-order chi connectivity index (χ1) is 13.1. The summed E-state index contributed by atoms with van der Waals surface area (Å²) in [6, 6.07) is 6.75. The number of rotatable bonds is 8. The molecule has 0 saturated carbocycles. The molecule has 0 spiro atoms. The van der Waals surface area contributed by atoms with Crippen molar-refractivity contribution in [3.8, 4) is 0 Å². The summed E-state index contributed by atoms with van der Waals surface area (Å²) >= 11 is 0. The Hall–Kier alpha value is -2.37. The van der Waals surface area contributed by atoms with Gasteiger partial charge in [0.2, 0.25) is 0 Å². The highest BCUT2D eigenvalue weighted by molar-refractivity contribution is 6.38. The highest BCUT2D eigenvalue weighted by Crippen LogP contribution is 2.33. The number of aliphatic imine (C=N–C) groups is 1. The van der Waals surface area contributed by atoms with Crippen molar-refractivity contribution >= 4 is 17.7 Å². The number of nitrogens with zero attached hydrogens (tertiary/aromatic N) is 3. The number of carbonyl (C=O) groups is 2. The summed E-state index contributed by atoms with van der Waals surface area (Å²) in [6.45, 7) is 9.84. The van der Waals surface area contributed by atoms with Gasteiger partial charge in [-0.15, -0.1) is 0 Å². The minimum Gasteiger partial charge on any atom is -0.478 e. The molecule has 1 aliphatic heterocycles. The standard InChI is InChI=1S/C22H33N3O3/c1-6-7-14-24(5)19-20(26)25(15-23-19)18(12-13-22(2,3)4)16-8-10-17(11-9-16)21(27)28/h8-11,18H,6-7,12-15H2,1-5H3,(H,27,28). The summed E-state index contributed by atoms with van der Waals surface area (Å²) in [5.41, 5.74) is 1.35. The van der Waals surface area contributed by atoms with Gasteiger partial charge in [0.15, 0.2) is 5.84 Å². The van der Waals surface area contributed by atoms with Crippen LogP contribution in [0.2, 0.25) is 0 Å². The Morgan fingerprint density at radius 3 is 2.46 bits per heavy atom. The number of amides is 1. The predicted molar refractivity (Wildman–Crippen MR) is 112 cm³/mol. The summed E-state index contributed by atoms with van der Waals surface area (Å²) in [4.78, 5) is 32.5. The van der Waals surface area contributed by atoms with Crippen LogP contribution in [-0.2, 0) is 4.79 Å². The molecule has 1 aromatic rings. The van der Waals surface area contributed by atoms with E-state index >= 15 is 0 Å². The summed E-state index contributed by atoms with van der Waals surface area (Å²) in [5.74, 6) is -0.464. The Kier molecular flexibility index (Phi) is 7.22. The first-order valence-corrected chi connectivity index (χ1v) is 10.0. The average molecular weight is 388 g/mol. The lowest BCUT2D eigenvalue weighted by Gasteiger charge is -2.31. The van der Waals surface area contributed by atoms with Gasteiger partial charge in [0.25, 0.3) is 5.91 Å². The van der Waals surface area contributed by atoms with Gasteiger partial charge in [0.05, 0.1) is 11.6 Å². The van der Waals surface area contributed by atoms with Crippen LogP contribution in [0.4, 0.5) is 0 Å². The molecule has 28 heavy (non-hydrogen) atoms.